The van der Waals surface area contributed by atoms with Gasteiger partial charge in [0.15, 0.2) is 16.4 Å². The first kappa shape index (κ1) is 20.4. The summed E-state index contributed by atoms with van der Waals surface area (Å²) in [4.78, 5) is 21.0. The van der Waals surface area contributed by atoms with Crippen LogP contribution in [0.25, 0.3) is 22.8 Å². The van der Waals surface area contributed by atoms with Gasteiger partial charge in [-0.25, -0.2) is 9.97 Å². The maximum Gasteiger partial charge on any atom is 0.226 e. The third-order valence-electron chi connectivity index (χ3n) is 4.64. The van der Waals surface area contributed by atoms with Gasteiger partial charge in [0.1, 0.15) is 5.75 Å². The van der Waals surface area contributed by atoms with Crippen LogP contribution in [0.4, 0.5) is 5.69 Å². The van der Waals surface area contributed by atoms with E-state index < -0.39 is 0 Å². The van der Waals surface area contributed by atoms with Crippen LogP contribution in [0.2, 0.25) is 0 Å². The van der Waals surface area contributed by atoms with Crippen molar-refractivity contribution in [2.24, 2.45) is 0 Å². The molecule has 0 saturated carbocycles. The molecule has 0 spiro atoms. The SMILES string of the molecule is Cc1cccc(-c2n[nH]c(=S)n2CCC(=O)Nc2cnc(-c3cccc(O)c3)nc2)c1. The summed E-state index contributed by atoms with van der Waals surface area (Å²) in [6.45, 7) is 2.39. The van der Waals surface area contributed by atoms with Crippen LogP contribution in [0.3, 0.4) is 0 Å². The molecule has 9 heteroatoms. The van der Waals surface area contributed by atoms with Crippen LogP contribution in [0.5, 0.6) is 5.75 Å². The number of phenolic OH excluding ortho intramolecular Hbond substituents is 1. The zero-order valence-electron chi connectivity index (χ0n) is 16.7. The molecular weight excluding hydrogens is 412 g/mol. The molecule has 2 aromatic carbocycles. The van der Waals surface area contributed by atoms with E-state index in [0.29, 0.717) is 34.2 Å². The second-order valence-corrected chi connectivity index (χ2v) is 7.40. The first-order valence-corrected chi connectivity index (χ1v) is 10.0. The molecule has 3 N–H and O–H groups in total. The molecule has 0 saturated heterocycles. The van der Waals surface area contributed by atoms with E-state index in [1.807, 2.05) is 35.8 Å². The lowest BCUT2D eigenvalue weighted by Gasteiger charge is -2.09. The van der Waals surface area contributed by atoms with E-state index in [2.05, 4.69) is 25.5 Å². The first-order chi connectivity index (χ1) is 15.0. The second kappa shape index (κ2) is 8.88. The Hall–Kier alpha value is -3.85. The quantitative estimate of drug-likeness (QED) is 0.396. The van der Waals surface area contributed by atoms with Crippen LogP contribution >= 0.6 is 12.2 Å². The summed E-state index contributed by atoms with van der Waals surface area (Å²) in [6.07, 6.45) is 3.28. The van der Waals surface area contributed by atoms with Gasteiger partial charge in [-0.15, -0.1) is 0 Å². The minimum Gasteiger partial charge on any atom is -0.508 e. The topological polar surface area (TPSA) is 109 Å². The lowest BCUT2D eigenvalue weighted by Crippen LogP contribution is -2.15. The number of aromatic hydroxyl groups is 1. The van der Waals surface area contributed by atoms with Crippen molar-refractivity contribution in [3.05, 3.63) is 71.3 Å². The number of amides is 1. The molecule has 4 rings (SSSR count). The van der Waals surface area contributed by atoms with E-state index in [4.69, 9.17) is 12.2 Å². The summed E-state index contributed by atoms with van der Waals surface area (Å²) in [6, 6.07) is 14.6. The van der Waals surface area contributed by atoms with Crippen molar-refractivity contribution in [2.75, 3.05) is 5.32 Å². The van der Waals surface area contributed by atoms with E-state index in [1.54, 1.807) is 24.3 Å². The fourth-order valence-electron chi connectivity index (χ4n) is 3.15. The van der Waals surface area contributed by atoms with Gasteiger partial charge < -0.3 is 10.4 Å². The number of benzene rings is 2. The molecule has 2 heterocycles. The van der Waals surface area contributed by atoms with Gasteiger partial charge in [0.25, 0.3) is 0 Å². The van der Waals surface area contributed by atoms with Crippen LogP contribution < -0.4 is 5.32 Å². The van der Waals surface area contributed by atoms with Gasteiger partial charge in [-0.05, 0) is 37.3 Å². The smallest absolute Gasteiger partial charge is 0.226 e. The number of hydrogen-bond acceptors (Lipinski definition) is 6. The average Bonchev–Trinajstić information content (AvgIpc) is 3.13. The van der Waals surface area contributed by atoms with Gasteiger partial charge in [-0.2, -0.15) is 5.10 Å². The van der Waals surface area contributed by atoms with Crippen molar-refractivity contribution in [2.45, 2.75) is 19.9 Å². The van der Waals surface area contributed by atoms with Gasteiger partial charge in [-0.1, -0.05) is 35.9 Å². The Labute approximate surface area is 183 Å². The molecule has 156 valence electrons. The molecule has 2 aromatic heterocycles. The van der Waals surface area contributed by atoms with Gasteiger partial charge in [0.2, 0.25) is 5.91 Å². The number of phenols is 1. The zero-order chi connectivity index (χ0) is 21.8. The molecule has 1 amide bonds. The minimum absolute atomic E-state index is 0.140. The maximum atomic E-state index is 12.4. The minimum atomic E-state index is -0.188. The molecule has 0 atom stereocenters. The number of anilines is 1. The highest BCUT2D eigenvalue weighted by Gasteiger charge is 2.11. The monoisotopic (exact) mass is 432 g/mol. The summed E-state index contributed by atoms with van der Waals surface area (Å²) in [5.41, 5.74) is 3.23. The van der Waals surface area contributed by atoms with Crippen LogP contribution in [-0.2, 0) is 11.3 Å². The number of nitrogens with one attached hydrogen (secondary N) is 2. The van der Waals surface area contributed by atoms with Crippen LogP contribution in [0.15, 0.2) is 60.9 Å². The number of hydrogen-bond donors (Lipinski definition) is 3. The molecule has 8 nitrogen and oxygen atoms in total. The Morgan fingerprint density at radius 3 is 2.61 bits per heavy atom. The number of rotatable bonds is 6. The maximum absolute atomic E-state index is 12.4. The number of carbonyl (C=O) groups is 1. The van der Waals surface area contributed by atoms with E-state index in [0.717, 1.165) is 11.1 Å². The lowest BCUT2D eigenvalue weighted by atomic mass is 10.1. The van der Waals surface area contributed by atoms with Crippen molar-refractivity contribution >= 4 is 23.8 Å². The number of nitrogens with zero attached hydrogens (tertiary/aromatic N) is 4. The molecule has 0 fully saturated rings. The molecule has 0 aliphatic heterocycles. The van der Waals surface area contributed by atoms with Crippen LogP contribution in [-0.4, -0.2) is 35.7 Å². The van der Waals surface area contributed by atoms with Crippen molar-refractivity contribution in [3.63, 3.8) is 0 Å². The van der Waals surface area contributed by atoms with Crippen molar-refractivity contribution in [1.29, 1.82) is 0 Å². The normalized spacial score (nSPS) is 10.7. The lowest BCUT2D eigenvalue weighted by molar-refractivity contribution is -0.116. The molecule has 0 aliphatic carbocycles. The Morgan fingerprint density at radius 1 is 1.13 bits per heavy atom. The third-order valence-corrected chi connectivity index (χ3v) is 4.95. The van der Waals surface area contributed by atoms with E-state index in [-0.39, 0.29) is 18.1 Å². The van der Waals surface area contributed by atoms with Gasteiger partial charge >= 0.3 is 0 Å². The first-order valence-electron chi connectivity index (χ1n) is 9.63. The van der Waals surface area contributed by atoms with Gasteiger partial charge in [0, 0.05) is 24.1 Å². The fourth-order valence-corrected chi connectivity index (χ4v) is 3.38. The predicted molar refractivity (Wildman–Crippen MR) is 120 cm³/mol. The number of aryl methyl sites for hydroxylation is 1. The second-order valence-electron chi connectivity index (χ2n) is 7.02. The highest BCUT2D eigenvalue weighted by Crippen LogP contribution is 2.21. The van der Waals surface area contributed by atoms with Gasteiger partial charge in [0.05, 0.1) is 18.1 Å². The van der Waals surface area contributed by atoms with Gasteiger partial charge in [-0.3, -0.25) is 14.5 Å². The van der Waals surface area contributed by atoms with E-state index >= 15 is 0 Å². The molecule has 0 unspecified atom stereocenters. The summed E-state index contributed by atoms with van der Waals surface area (Å²) >= 11 is 5.33. The summed E-state index contributed by atoms with van der Waals surface area (Å²) in [5, 5.41) is 19.5. The fraction of sp³-hybridized carbons (Fsp3) is 0.136. The van der Waals surface area contributed by atoms with Crippen molar-refractivity contribution in [3.8, 4) is 28.5 Å². The molecular formula is C22H20N6O2S. The predicted octanol–water partition coefficient (Wildman–Crippen LogP) is 4.11. The Morgan fingerprint density at radius 2 is 1.87 bits per heavy atom. The zero-order valence-corrected chi connectivity index (χ0v) is 17.6. The number of aromatic amines is 1. The number of aromatic nitrogens is 5. The standard InChI is InChI=1S/C22H20N6O2S/c1-14-4-2-6-16(10-14)21-26-27-22(31)28(21)9-8-19(30)25-17-12-23-20(24-13-17)15-5-3-7-18(29)11-15/h2-7,10-13,29H,8-9H2,1H3,(H,25,30)(H,27,31). The molecule has 0 bridgehead atoms. The summed E-state index contributed by atoms with van der Waals surface area (Å²) < 4.78 is 2.27. The molecule has 31 heavy (non-hydrogen) atoms. The van der Waals surface area contributed by atoms with E-state index in [1.165, 1.54) is 12.4 Å². The highest BCUT2D eigenvalue weighted by molar-refractivity contribution is 7.71. The van der Waals surface area contributed by atoms with Crippen molar-refractivity contribution < 1.29 is 9.90 Å². The average molecular weight is 433 g/mol. The summed E-state index contributed by atoms with van der Waals surface area (Å²) in [7, 11) is 0. The molecule has 0 aliphatic rings. The van der Waals surface area contributed by atoms with Crippen LogP contribution in [0.1, 0.15) is 12.0 Å². The number of H-pyrrole nitrogens is 1. The number of carbonyl (C=O) groups excluding carboxylic acids is 1. The van der Waals surface area contributed by atoms with E-state index in [9.17, 15) is 9.90 Å². The van der Waals surface area contributed by atoms with Crippen LogP contribution in [0, 0.1) is 11.7 Å². The van der Waals surface area contributed by atoms with Crippen molar-refractivity contribution in [1.82, 2.24) is 24.7 Å². The Kier molecular flexibility index (Phi) is 5.85. The Bertz CT molecular complexity index is 1280. The third kappa shape index (κ3) is 4.84. The highest BCUT2D eigenvalue weighted by atomic mass is 32.1. The molecule has 4 aromatic rings. The summed E-state index contributed by atoms with van der Waals surface area (Å²) in [5.74, 6) is 1.11. The largest absolute Gasteiger partial charge is 0.508 e. The molecule has 0 radical (unpaired) electrons. The Balaban J connectivity index is 1.41.